The van der Waals surface area contributed by atoms with Gasteiger partial charge in [-0.3, -0.25) is 0 Å². The second kappa shape index (κ2) is 14.3. The fraction of sp³-hybridized carbons (Fsp3) is 0.0980. The molecule has 2 nitrogen and oxygen atoms in total. The van der Waals surface area contributed by atoms with Crippen LogP contribution < -0.4 is 10.2 Å². The molecule has 2 atom stereocenters. The maximum atomic E-state index is 3.87. The lowest BCUT2D eigenvalue weighted by atomic mass is 9.81. The van der Waals surface area contributed by atoms with E-state index in [4.69, 9.17) is 0 Å². The van der Waals surface area contributed by atoms with Gasteiger partial charge in [-0.15, -0.1) is 0 Å². The molecular formula is C51H42N2. The van der Waals surface area contributed by atoms with Crippen molar-refractivity contribution in [3.05, 3.63) is 205 Å². The highest BCUT2D eigenvalue weighted by atomic mass is 15.1. The lowest BCUT2D eigenvalue weighted by Crippen LogP contribution is -2.12. The summed E-state index contributed by atoms with van der Waals surface area (Å²) in [7, 11) is 0. The van der Waals surface area contributed by atoms with Crippen LogP contribution in [0.4, 0.5) is 28.4 Å². The van der Waals surface area contributed by atoms with Crippen molar-refractivity contribution in [3.63, 3.8) is 0 Å². The van der Waals surface area contributed by atoms with Crippen molar-refractivity contribution in [2.45, 2.75) is 25.7 Å². The predicted octanol–water partition coefficient (Wildman–Crippen LogP) is 14.2. The molecule has 53 heavy (non-hydrogen) atoms. The van der Waals surface area contributed by atoms with Gasteiger partial charge in [0.1, 0.15) is 0 Å². The number of hydrogen-bond acceptors (Lipinski definition) is 2. The number of nitrogens with zero attached hydrogens (tertiary/aromatic N) is 1. The van der Waals surface area contributed by atoms with E-state index in [1.165, 1.54) is 55.4 Å². The highest BCUT2D eigenvalue weighted by Crippen LogP contribution is 2.42. The summed E-state index contributed by atoms with van der Waals surface area (Å²) < 4.78 is 0. The third-order valence-electron chi connectivity index (χ3n) is 10.9. The van der Waals surface area contributed by atoms with Gasteiger partial charge >= 0.3 is 0 Å². The van der Waals surface area contributed by atoms with E-state index in [0.717, 1.165) is 35.6 Å². The van der Waals surface area contributed by atoms with Gasteiger partial charge in [0.05, 0.1) is 5.69 Å². The van der Waals surface area contributed by atoms with E-state index in [0.29, 0.717) is 11.8 Å². The van der Waals surface area contributed by atoms with Crippen LogP contribution in [0.25, 0.3) is 39.1 Å². The zero-order valence-electron chi connectivity index (χ0n) is 30.0. The second-order valence-electron chi connectivity index (χ2n) is 14.2. The predicted molar refractivity (Wildman–Crippen MR) is 227 cm³/mol. The Morgan fingerprint density at radius 3 is 1.91 bits per heavy atom. The Labute approximate surface area is 313 Å². The zero-order valence-corrected chi connectivity index (χ0v) is 30.0. The molecule has 0 heterocycles. The van der Waals surface area contributed by atoms with E-state index in [2.05, 4.69) is 211 Å². The summed E-state index contributed by atoms with van der Waals surface area (Å²) in [5.74, 6) is 0.790. The lowest BCUT2D eigenvalue weighted by molar-refractivity contribution is 0.636. The Bertz CT molecular complexity index is 2460. The largest absolute Gasteiger partial charge is 0.355 e. The number of aryl methyl sites for hydroxylation is 1. The fourth-order valence-corrected chi connectivity index (χ4v) is 8.01. The molecule has 9 rings (SSSR count). The van der Waals surface area contributed by atoms with Crippen LogP contribution in [-0.2, 0) is 6.42 Å². The maximum Gasteiger partial charge on any atom is 0.0540 e. The van der Waals surface area contributed by atoms with Crippen LogP contribution >= 0.6 is 0 Å². The van der Waals surface area contributed by atoms with Gasteiger partial charge in [0.15, 0.2) is 0 Å². The van der Waals surface area contributed by atoms with Crippen molar-refractivity contribution in [3.8, 4) is 22.3 Å². The minimum Gasteiger partial charge on any atom is -0.355 e. The number of allylic oxidation sites excluding steroid dienone is 5. The molecule has 2 aliphatic rings. The zero-order chi connectivity index (χ0) is 35.6. The van der Waals surface area contributed by atoms with E-state index >= 15 is 0 Å². The van der Waals surface area contributed by atoms with E-state index in [9.17, 15) is 0 Å². The van der Waals surface area contributed by atoms with Gasteiger partial charge in [0.2, 0.25) is 0 Å². The summed E-state index contributed by atoms with van der Waals surface area (Å²) in [6.07, 6.45) is 15.8. The van der Waals surface area contributed by atoms with Gasteiger partial charge in [-0.05, 0) is 100.0 Å². The summed E-state index contributed by atoms with van der Waals surface area (Å²) in [5, 5.41) is 6.32. The number of rotatable bonds is 8. The molecule has 7 aromatic carbocycles. The van der Waals surface area contributed by atoms with E-state index in [-0.39, 0.29) is 0 Å². The van der Waals surface area contributed by atoms with Crippen LogP contribution in [0.2, 0.25) is 0 Å². The third-order valence-corrected chi connectivity index (χ3v) is 10.9. The van der Waals surface area contributed by atoms with Crippen molar-refractivity contribution in [1.82, 2.24) is 0 Å². The van der Waals surface area contributed by atoms with Crippen LogP contribution in [0, 0.1) is 5.92 Å². The van der Waals surface area contributed by atoms with E-state index in [1.54, 1.807) is 0 Å². The van der Waals surface area contributed by atoms with E-state index in [1.807, 2.05) is 0 Å². The minimum absolute atomic E-state index is 0.344. The molecule has 0 saturated carbocycles. The number of fused-ring (bicyclic) bond motifs is 2. The first kappa shape index (κ1) is 32.5. The quantitative estimate of drug-likeness (QED) is 0.172. The number of benzene rings is 7. The summed E-state index contributed by atoms with van der Waals surface area (Å²) in [4.78, 5) is 2.37. The standard InChI is InChI=1S/C51H42N2/c1-36-12-5-8-18-46(36)49-35-28-42-16-7-10-20-48(42)51(49)52-43-29-22-38(23-30-43)40-26-33-45(34-27-40)53(50-21-11-17-41-15-6-9-19-47(41)50)44-31-24-39(25-32-44)37-13-3-2-4-14-37/h2-6,8-15,17-36,46,52H,7,16H2,1H3. The Hall–Kier alpha value is -6.38. The molecule has 7 aromatic rings. The molecule has 0 radical (unpaired) electrons. The van der Waals surface area contributed by atoms with E-state index < -0.39 is 0 Å². The molecule has 0 saturated heterocycles. The molecule has 0 spiro atoms. The van der Waals surface area contributed by atoms with Crippen molar-refractivity contribution in [1.29, 1.82) is 0 Å². The summed E-state index contributed by atoms with van der Waals surface area (Å²) in [5.41, 5.74) is 14.6. The van der Waals surface area contributed by atoms with Gasteiger partial charge in [0.25, 0.3) is 0 Å². The average molecular weight is 683 g/mol. The summed E-state index contributed by atoms with van der Waals surface area (Å²) >= 11 is 0. The van der Waals surface area contributed by atoms with Crippen molar-refractivity contribution in [2.24, 2.45) is 5.92 Å². The highest BCUT2D eigenvalue weighted by molar-refractivity contribution is 5.99. The molecule has 0 fully saturated rings. The van der Waals surface area contributed by atoms with Crippen LogP contribution in [0.3, 0.4) is 0 Å². The fourth-order valence-electron chi connectivity index (χ4n) is 8.01. The van der Waals surface area contributed by atoms with Crippen molar-refractivity contribution >= 4 is 45.3 Å². The smallest absolute Gasteiger partial charge is 0.0540 e. The van der Waals surface area contributed by atoms with Crippen LogP contribution in [-0.4, -0.2) is 0 Å². The molecule has 2 unspecified atom stereocenters. The lowest BCUT2D eigenvalue weighted by Gasteiger charge is -2.27. The Kier molecular flexibility index (Phi) is 8.79. The molecular weight excluding hydrogens is 641 g/mol. The van der Waals surface area contributed by atoms with Crippen molar-refractivity contribution < 1.29 is 0 Å². The molecule has 256 valence electrons. The number of nitrogens with one attached hydrogen (secondary N) is 1. The molecule has 2 aliphatic carbocycles. The van der Waals surface area contributed by atoms with Gasteiger partial charge in [-0.25, -0.2) is 0 Å². The first-order valence-corrected chi connectivity index (χ1v) is 18.8. The average Bonchev–Trinajstić information content (AvgIpc) is 3.23. The van der Waals surface area contributed by atoms with Gasteiger partial charge < -0.3 is 10.2 Å². The monoisotopic (exact) mass is 682 g/mol. The normalized spacial score (nSPS) is 16.0. The molecule has 0 bridgehead atoms. The van der Waals surface area contributed by atoms with Crippen molar-refractivity contribution in [2.75, 3.05) is 10.2 Å². The Morgan fingerprint density at radius 2 is 1.19 bits per heavy atom. The highest BCUT2D eigenvalue weighted by Gasteiger charge is 2.23. The Balaban J connectivity index is 1.03. The number of hydrogen-bond donors (Lipinski definition) is 1. The van der Waals surface area contributed by atoms with Gasteiger partial charge in [-0.2, -0.15) is 0 Å². The molecule has 1 N–H and O–H groups in total. The number of anilines is 5. The van der Waals surface area contributed by atoms with Crippen LogP contribution in [0.5, 0.6) is 0 Å². The molecule has 2 heteroatoms. The summed E-state index contributed by atoms with van der Waals surface area (Å²) in [6, 6.07) is 57.3. The topological polar surface area (TPSA) is 15.3 Å². The first-order chi connectivity index (χ1) is 26.2. The second-order valence-corrected chi connectivity index (χ2v) is 14.2. The van der Waals surface area contributed by atoms with Crippen LogP contribution in [0.15, 0.2) is 188 Å². The first-order valence-electron chi connectivity index (χ1n) is 18.8. The van der Waals surface area contributed by atoms with Crippen LogP contribution in [0.1, 0.15) is 36.0 Å². The third kappa shape index (κ3) is 6.49. The maximum absolute atomic E-state index is 3.87. The molecule has 0 aliphatic heterocycles. The Morgan fingerprint density at radius 1 is 0.566 bits per heavy atom. The minimum atomic E-state index is 0.344. The molecule has 0 amide bonds. The molecule has 0 aromatic heterocycles. The van der Waals surface area contributed by atoms with Gasteiger partial charge in [-0.1, -0.05) is 159 Å². The summed E-state index contributed by atoms with van der Waals surface area (Å²) in [6.45, 7) is 2.31. The van der Waals surface area contributed by atoms with Gasteiger partial charge in [0, 0.05) is 39.6 Å². The SMILES string of the molecule is CC1C=CC=CC1c1ccc2c(c1Nc1ccc(-c3ccc(N(c4ccc(-c5ccccc5)cc4)c4cccc5ccccc45)cc3)cc1)C=CCC2.